The lowest BCUT2D eigenvalue weighted by Gasteiger charge is -2.32. The second-order valence-corrected chi connectivity index (χ2v) is 7.50. The van der Waals surface area contributed by atoms with Gasteiger partial charge in [0.15, 0.2) is 0 Å². The van der Waals surface area contributed by atoms with Gasteiger partial charge < -0.3 is 4.90 Å². The lowest BCUT2D eigenvalue weighted by atomic mass is 9.98. The summed E-state index contributed by atoms with van der Waals surface area (Å²) in [5.41, 5.74) is 0.962. The molecule has 0 N–H and O–H groups in total. The second kappa shape index (κ2) is 6.53. The molecular weight excluding hydrogens is 290 g/mol. The smallest absolute Gasteiger partial charge is 0.227 e. The van der Waals surface area contributed by atoms with Gasteiger partial charge in [0.05, 0.1) is 12.2 Å². The fourth-order valence-electron chi connectivity index (χ4n) is 2.60. The van der Waals surface area contributed by atoms with Crippen molar-refractivity contribution in [3.05, 3.63) is 30.1 Å². The number of piperidine rings is 1. The normalized spacial score (nSPS) is 20.2. The van der Waals surface area contributed by atoms with Crippen LogP contribution in [-0.4, -0.2) is 54.9 Å². The Balaban J connectivity index is 1.99. The largest absolute Gasteiger partial charge is 0.341 e. The predicted molar refractivity (Wildman–Crippen MR) is 79.9 cm³/mol. The van der Waals surface area contributed by atoms with Gasteiger partial charge in [-0.25, -0.2) is 12.7 Å². The van der Waals surface area contributed by atoms with Crippen LogP contribution in [0.4, 0.5) is 0 Å². The number of rotatable bonds is 4. The van der Waals surface area contributed by atoms with Crippen LogP contribution in [-0.2, 0) is 21.4 Å². The van der Waals surface area contributed by atoms with Gasteiger partial charge in [0.1, 0.15) is 0 Å². The first-order valence-corrected chi connectivity index (χ1v) is 8.82. The molecule has 21 heavy (non-hydrogen) atoms. The molecule has 0 unspecified atom stereocenters. The van der Waals surface area contributed by atoms with Gasteiger partial charge in [-0.1, -0.05) is 6.07 Å². The monoisotopic (exact) mass is 311 g/mol. The molecule has 2 rings (SSSR count). The molecule has 0 aromatic carbocycles. The van der Waals surface area contributed by atoms with Gasteiger partial charge in [0, 0.05) is 39.1 Å². The lowest BCUT2D eigenvalue weighted by molar-refractivity contribution is -0.135. The summed E-state index contributed by atoms with van der Waals surface area (Å²) >= 11 is 0. The van der Waals surface area contributed by atoms with Crippen molar-refractivity contribution in [1.29, 1.82) is 0 Å². The molecule has 1 saturated heterocycles. The Morgan fingerprint density at radius 3 is 2.90 bits per heavy atom. The summed E-state index contributed by atoms with van der Waals surface area (Å²) in [7, 11) is -1.48. The SMILES string of the molecule is CN(Cc1cccnc1)C(=O)[C@H]1CCCN(S(C)(=O)=O)C1. The number of hydrogen-bond donors (Lipinski definition) is 0. The van der Waals surface area contributed by atoms with E-state index in [0.29, 0.717) is 13.1 Å². The van der Waals surface area contributed by atoms with E-state index in [1.54, 1.807) is 24.3 Å². The number of hydrogen-bond acceptors (Lipinski definition) is 4. The van der Waals surface area contributed by atoms with Gasteiger partial charge in [-0.05, 0) is 24.5 Å². The van der Waals surface area contributed by atoms with Crippen molar-refractivity contribution in [3.63, 3.8) is 0 Å². The Morgan fingerprint density at radius 1 is 1.52 bits per heavy atom. The molecule has 1 aromatic rings. The van der Waals surface area contributed by atoms with Crippen molar-refractivity contribution >= 4 is 15.9 Å². The van der Waals surface area contributed by atoms with Crippen molar-refractivity contribution in [1.82, 2.24) is 14.2 Å². The van der Waals surface area contributed by atoms with Crippen LogP contribution in [0.5, 0.6) is 0 Å². The van der Waals surface area contributed by atoms with Crippen LogP contribution in [0.2, 0.25) is 0 Å². The quantitative estimate of drug-likeness (QED) is 0.821. The summed E-state index contributed by atoms with van der Waals surface area (Å²) in [5, 5.41) is 0. The third-order valence-corrected chi connectivity index (χ3v) is 4.99. The van der Waals surface area contributed by atoms with Crippen molar-refractivity contribution < 1.29 is 13.2 Å². The first-order chi connectivity index (χ1) is 9.88. The summed E-state index contributed by atoms with van der Waals surface area (Å²) in [6, 6.07) is 3.75. The second-order valence-electron chi connectivity index (χ2n) is 5.52. The summed E-state index contributed by atoms with van der Waals surface area (Å²) in [5.74, 6) is -0.262. The van der Waals surface area contributed by atoms with Crippen LogP contribution >= 0.6 is 0 Å². The molecular formula is C14H21N3O3S. The maximum atomic E-state index is 12.5. The molecule has 2 heterocycles. The molecule has 6 nitrogen and oxygen atoms in total. The Bertz CT molecular complexity index is 589. The van der Waals surface area contributed by atoms with E-state index in [-0.39, 0.29) is 18.4 Å². The average molecular weight is 311 g/mol. The van der Waals surface area contributed by atoms with Crippen LogP contribution in [0.15, 0.2) is 24.5 Å². The summed E-state index contributed by atoms with van der Waals surface area (Å²) < 4.78 is 24.6. The zero-order valence-corrected chi connectivity index (χ0v) is 13.2. The maximum absolute atomic E-state index is 12.5. The minimum absolute atomic E-state index is 0.00722. The van der Waals surface area contributed by atoms with Crippen molar-refractivity contribution in [2.75, 3.05) is 26.4 Å². The zero-order valence-electron chi connectivity index (χ0n) is 12.4. The molecule has 7 heteroatoms. The summed E-state index contributed by atoms with van der Waals surface area (Å²) in [6.07, 6.45) is 6.08. The molecule has 0 aliphatic carbocycles. The predicted octanol–water partition coefficient (Wildman–Crippen LogP) is 0.712. The molecule has 0 bridgehead atoms. The molecule has 116 valence electrons. The van der Waals surface area contributed by atoms with Gasteiger partial charge in [-0.3, -0.25) is 9.78 Å². The number of aromatic nitrogens is 1. The maximum Gasteiger partial charge on any atom is 0.227 e. The highest BCUT2D eigenvalue weighted by atomic mass is 32.2. The van der Waals surface area contributed by atoms with Crippen LogP contribution < -0.4 is 0 Å². The number of carbonyl (C=O) groups excluding carboxylic acids is 1. The Labute approximate surface area is 125 Å². The van der Waals surface area contributed by atoms with Gasteiger partial charge in [0.25, 0.3) is 0 Å². The minimum atomic E-state index is -3.22. The number of carbonyl (C=O) groups is 1. The van der Waals surface area contributed by atoms with Gasteiger partial charge in [-0.2, -0.15) is 0 Å². The molecule has 0 saturated carbocycles. The van der Waals surface area contributed by atoms with Crippen molar-refractivity contribution in [2.24, 2.45) is 5.92 Å². The Kier molecular flexibility index (Phi) is 4.95. The number of pyridine rings is 1. The van der Waals surface area contributed by atoms with E-state index in [0.717, 1.165) is 18.4 Å². The molecule has 1 amide bonds. The van der Waals surface area contributed by atoms with Crippen LogP contribution in [0.3, 0.4) is 0 Å². The minimum Gasteiger partial charge on any atom is -0.341 e. The number of amides is 1. The van der Waals surface area contributed by atoms with E-state index in [4.69, 9.17) is 0 Å². The van der Waals surface area contributed by atoms with Gasteiger partial charge in [-0.15, -0.1) is 0 Å². The molecule has 1 atom stereocenters. The molecule has 0 spiro atoms. The lowest BCUT2D eigenvalue weighted by Crippen LogP contribution is -2.45. The van der Waals surface area contributed by atoms with E-state index in [9.17, 15) is 13.2 Å². The van der Waals surface area contributed by atoms with E-state index < -0.39 is 10.0 Å². The molecule has 0 radical (unpaired) electrons. The fraction of sp³-hybridized carbons (Fsp3) is 0.571. The van der Waals surface area contributed by atoms with E-state index in [1.165, 1.54) is 10.6 Å². The van der Waals surface area contributed by atoms with Crippen molar-refractivity contribution in [3.8, 4) is 0 Å². The Hall–Kier alpha value is -1.47. The highest BCUT2D eigenvalue weighted by Crippen LogP contribution is 2.21. The highest BCUT2D eigenvalue weighted by Gasteiger charge is 2.31. The molecule has 1 aliphatic rings. The third kappa shape index (κ3) is 4.25. The summed E-state index contributed by atoms with van der Waals surface area (Å²) in [4.78, 5) is 18.1. The number of sulfonamides is 1. The Morgan fingerprint density at radius 2 is 2.29 bits per heavy atom. The van der Waals surface area contributed by atoms with Crippen LogP contribution in [0.1, 0.15) is 18.4 Å². The number of nitrogens with zero attached hydrogens (tertiary/aromatic N) is 3. The molecule has 1 fully saturated rings. The van der Waals surface area contributed by atoms with Gasteiger partial charge >= 0.3 is 0 Å². The highest BCUT2D eigenvalue weighted by molar-refractivity contribution is 7.88. The van der Waals surface area contributed by atoms with Gasteiger partial charge in [0.2, 0.25) is 15.9 Å². The average Bonchev–Trinajstić information content (AvgIpc) is 2.46. The van der Waals surface area contributed by atoms with E-state index in [1.807, 2.05) is 12.1 Å². The zero-order chi connectivity index (χ0) is 15.5. The topological polar surface area (TPSA) is 70.6 Å². The van der Waals surface area contributed by atoms with E-state index in [2.05, 4.69) is 4.98 Å². The standard InChI is InChI=1S/C14H21N3O3S/c1-16(10-12-5-3-7-15-9-12)14(18)13-6-4-8-17(11-13)21(2,19)20/h3,5,7,9,13H,4,6,8,10-11H2,1-2H3/t13-/m0/s1. The van der Waals surface area contributed by atoms with Crippen molar-refractivity contribution in [2.45, 2.75) is 19.4 Å². The first kappa shape index (κ1) is 15.9. The molecule has 1 aromatic heterocycles. The summed E-state index contributed by atoms with van der Waals surface area (Å²) in [6.45, 7) is 1.28. The van der Waals surface area contributed by atoms with Crippen LogP contribution in [0.25, 0.3) is 0 Å². The first-order valence-electron chi connectivity index (χ1n) is 6.97. The van der Waals surface area contributed by atoms with Crippen LogP contribution in [0, 0.1) is 5.92 Å². The third-order valence-electron chi connectivity index (χ3n) is 3.72. The fourth-order valence-corrected chi connectivity index (χ4v) is 3.51. The molecule has 1 aliphatic heterocycles. The van der Waals surface area contributed by atoms with E-state index >= 15 is 0 Å².